The minimum Gasteiger partial charge on any atom is -0.471 e. The minimum atomic E-state index is -0.727. The van der Waals surface area contributed by atoms with E-state index in [1.165, 1.54) is 18.3 Å². The molecule has 1 aromatic carbocycles. The zero-order chi connectivity index (χ0) is 21.0. The van der Waals surface area contributed by atoms with Gasteiger partial charge in [-0.25, -0.2) is 14.1 Å². The van der Waals surface area contributed by atoms with Gasteiger partial charge in [-0.1, -0.05) is 5.21 Å². The molecule has 0 aliphatic heterocycles. The molecule has 0 atom stereocenters. The maximum atomic E-state index is 13.2. The second kappa shape index (κ2) is 8.36. The summed E-state index contributed by atoms with van der Waals surface area (Å²) in [6, 6.07) is 9.08. The van der Waals surface area contributed by atoms with Crippen LogP contribution in [0.4, 0.5) is 4.39 Å². The summed E-state index contributed by atoms with van der Waals surface area (Å²) in [6.45, 7) is 5.21. The molecule has 0 unspecified atom stereocenters. The highest BCUT2D eigenvalue weighted by molar-refractivity contribution is 5.94. The Kier molecular flexibility index (Phi) is 5.88. The molecule has 3 rings (SSSR count). The van der Waals surface area contributed by atoms with Gasteiger partial charge in [0, 0.05) is 12.3 Å². The van der Waals surface area contributed by atoms with E-state index in [-0.39, 0.29) is 24.9 Å². The number of hydrogen-bond donors (Lipinski definition) is 2. The monoisotopic (exact) mass is 399 g/mol. The molecule has 0 bridgehead atoms. The van der Waals surface area contributed by atoms with Crippen LogP contribution in [-0.2, 0) is 6.61 Å². The van der Waals surface area contributed by atoms with E-state index in [1.807, 2.05) is 0 Å². The first-order valence-electron chi connectivity index (χ1n) is 8.98. The van der Waals surface area contributed by atoms with Crippen LogP contribution in [0.5, 0.6) is 5.88 Å². The van der Waals surface area contributed by atoms with Gasteiger partial charge >= 0.3 is 0 Å². The van der Waals surface area contributed by atoms with Crippen molar-refractivity contribution in [3.05, 3.63) is 65.4 Å². The van der Waals surface area contributed by atoms with E-state index in [2.05, 4.69) is 20.6 Å². The van der Waals surface area contributed by atoms with Gasteiger partial charge in [-0.2, -0.15) is 0 Å². The first-order valence-corrected chi connectivity index (χ1v) is 8.98. The molecule has 2 N–H and O–H groups in total. The molecule has 152 valence electrons. The predicted octanol–water partition coefficient (Wildman–Crippen LogP) is 2.19. The van der Waals surface area contributed by atoms with E-state index in [4.69, 9.17) is 4.74 Å². The van der Waals surface area contributed by atoms with Crippen LogP contribution in [0.1, 0.15) is 35.6 Å². The number of aliphatic hydroxyl groups excluding tert-OH is 1. The summed E-state index contributed by atoms with van der Waals surface area (Å²) in [5, 5.41) is 20.1. The molecule has 1 amide bonds. The van der Waals surface area contributed by atoms with Crippen LogP contribution < -0.4 is 10.1 Å². The Hall–Kier alpha value is -3.33. The molecule has 0 aliphatic rings. The molecule has 0 saturated carbocycles. The number of aromatic nitrogens is 4. The first kappa shape index (κ1) is 20.4. The third-order valence-electron chi connectivity index (χ3n) is 4.23. The summed E-state index contributed by atoms with van der Waals surface area (Å²) in [5.74, 6) is -0.342. The quantitative estimate of drug-likeness (QED) is 0.631. The number of carbonyl (C=O) groups excluding carboxylic acids is 1. The van der Waals surface area contributed by atoms with Crippen molar-refractivity contribution in [1.82, 2.24) is 25.3 Å². The summed E-state index contributed by atoms with van der Waals surface area (Å²) in [7, 11) is 0. The smallest absolute Gasteiger partial charge is 0.253 e. The third-order valence-corrected chi connectivity index (χ3v) is 4.23. The molecule has 0 spiro atoms. The van der Waals surface area contributed by atoms with E-state index in [1.54, 1.807) is 49.7 Å². The number of carbonyl (C=O) groups is 1. The number of hydrogen-bond acceptors (Lipinski definition) is 6. The summed E-state index contributed by atoms with van der Waals surface area (Å²) in [5.41, 5.74) is 1.67. The fourth-order valence-corrected chi connectivity index (χ4v) is 2.49. The maximum absolute atomic E-state index is 13.2. The molecule has 29 heavy (non-hydrogen) atoms. The first-order chi connectivity index (χ1) is 13.8. The Morgan fingerprint density at radius 2 is 1.97 bits per heavy atom. The van der Waals surface area contributed by atoms with Crippen LogP contribution in [0.2, 0.25) is 0 Å². The number of amides is 1. The number of nitrogens with one attached hydrogen (secondary N) is 1. The zero-order valence-electron chi connectivity index (χ0n) is 16.4. The Bertz CT molecular complexity index is 984. The number of ether oxygens (including phenoxy) is 1. The Balaban J connectivity index is 1.69. The van der Waals surface area contributed by atoms with E-state index in [0.717, 1.165) is 0 Å². The Morgan fingerprint density at radius 3 is 2.59 bits per heavy atom. The van der Waals surface area contributed by atoms with Gasteiger partial charge in [-0.3, -0.25) is 4.79 Å². The average molecular weight is 399 g/mol. The van der Waals surface area contributed by atoms with Gasteiger partial charge in [0.25, 0.3) is 5.91 Å². The fourth-order valence-electron chi connectivity index (χ4n) is 2.49. The minimum absolute atomic E-state index is 0.145. The van der Waals surface area contributed by atoms with Crippen LogP contribution in [0.3, 0.4) is 0 Å². The van der Waals surface area contributed by atoms with E-state index >= 15 is 0 Å². The van der Waals surface area contributed by atoms with Crippen LogP contribution in [0.25, 0.3) is 5.69 Å². The van der Waals surface area contributed by atoms with Crippen molar-refractivity contribution in [3.8, 4) is 11.6 Å². The summed E-state index contributed by atoms with van der Waals surface area (Å²) >= 11 is 0. The van der Waals surface area contributed by atoms with Crippen LogP contribution >= 0.6 is 0 Å². The molecule has 9 heteroatoms. The molecule has 3 aromatic rings. The van der Waals surface area contributed by atoms with Gasteiger partial charge < -0.3 is 15.2 Å². The van der Waals surface area contributed by atoms with Crippen LogP contribution in [-0.4, -0.2) is 43.1 Å². The van der Waals surface area contributed by atoms with E-state index < -0.39 is 5.54 Å². The topological polar surface area (TPSA) is 102 Å². The van der Waals surface area contributed by atoms with Gasteiger partial charge in [0.2, 0.25) is 5.88 Å². The number of nitrogens with zero attached hydrogens (tertiary/aromatic N) is 4. The summed E-state index contributed by atoms with van der Waals surface area (Å²) in [6.07, 6.45) is 1.40. The number of pyridine rings is 1. The van der Waals surface area contributed by atoms with Crippen molar-refractivity contribution >= 4 is 5.91 Å². The maximum Gasteiger partial charge on any atom is 0.253 e. The predicted molar refractivity (Wildman–Crippen MR) is 103 cm³/mol. The SMILES string of the molecule is Cc1nnn(-c2ccc(F)cc2)c1COc1ccc(C(=O)NC(C)(C)CO)cn1. The molecule has 2 heterocycles. The van der Waals surface area contributed by atoms with E-state index in [9.17, 15) is 14.3 Å². The second-order valence-corrected chi connectivity index (χ2v) is 7.18. The van der Waals surface area contributed by atoms with Crippen molar-refractivity contribution in [1.29, 1.82) is 0 Å². The van der Waals surface area contributed by atoms with Crippen molar-refractivity contribution < 1.29 is 19.0 Å². The molecule has 0 saturated heterocycles. The van der Waals surface area contributed by atoms with Crippen molar-refractivity contribution in [2.75, 3.05) is 6.61 Å². The molecule has 0 aliphatic carbocycles. The van der Waals surface area contributed by atoms with Gasteiger partial charge in [-0.05, 0) is 51.1 Å². The lowest BCUT2D eigenvalue weighted by molar-refractivity contribution is 0.0869. The van der Waals surface area contributed by atoms with Gasteiger partial charge in [0.15, 0.2) is 0 Å². The van der Waals surface area contributed by atoms with Gasteiger partial charge in [-0.15, -0.1) is 5.10 Å². The molecule has 2 aromatic heterocycles. The van der Waals surface area contributed by atoms with Crippen molar-refractivity contribution in [2.24, 2.45) is 0 Å². The number of benzene rings is 1. The standard InChI is InChI=1S/C20H22FN5O3/c1-13-17(26(25-24-13)16-7-5-15(21)6-8-16)11-29-18-9-4-14(10-22-18)19(28)23-20(2,3)12-27/h4-10,27H,11-12H2,1-3H3,(H,23,28). The molecule has 0 radical (unpaired) electrons. The lowest BCUT2D eigenvalue weighted by atomic mass is 10.1. The number of aliphatic hydroxyl groups is 1. The zero-order valence-corrected chi connectivity index (χ0v) is 16.4. The molecule has 8 nitrogen and oxygen atoms in total. The highest BCUT2D eigenvalue weighted by Crippen LogP contribution is 2.16. The molecular formula is C20H22FN5O3. The summed E-state index contributed by atoms with van der Waals surface area (Å²) < 4.78 is 20.5. The van der Waals surface area contributed by atoms with E-state index in [0.29, 0.717) is 28.5 Å². The fraction of sp³-hybridized carbons (Fsp3) is 0.300. The van der Waals surface area contributed by atoms with Crippen LogP contribution in [0, 0.1) is 12.7 Å². The Morgan fingerprint density at radius 1 is 1.24 bits per heavy atom. The van der Waals surface area contributed by atoms with Crippen LogP contribution in [0.15, 0.2) is 42.6 Å². The number of aryl methyl sites for hydroxylation is 1. The molecular weight excluding hydrogens is 377 g/mol. The highest BCUT2D eigenvalue weighted by atomic mass is 19.1. The van der Waals surface area contributed by atoms with Crippen molar-refractivity contribution in [2.45, 2.75) is 32.9 Å². The second-order valence-electron chi connectivity index (χ2n) is 7.18. The Labute approximate surface area is 167 Å². The van der Waals surface area contributed by atoms with Crippen molar-refractivity contribution in [3.63, 3.8) is 0 Å². The number of rotatable bonds is 7. The largest absolute Gasteiger partial charge is 0.471 e. The summed E-state index contributed by atoms with van der Waals surface area (Å²) in [4.78, 5) is 16.3. The number of halogens is 1. The average Bonchev–Trinajstić information content (AvgIpc) is 3.07. The van der Waals surface area contributed by atoms with Gasteiger partial charge in [0.05, 0.1) is 29.1 Å². The normalized spacial score (nSPS) is 11.3. The lowest BCUT2D eigenvalue weighted by Crippen LogP contribution is -2.46. The lowest BCUT2D eigenvalue weighted by Gasteiger charge is -2.23. The highest BCUT2D eigenvalue weighted by Gasteiger charge is 2.20. The van der Waals surface area contributed by atoms with Gasteiger partial charge in [0.1, 0.15) is 18.1 Å². The third kappa shape index (κ3) is 4.94. The molecule has 0 fully saturated rings.